The summed E-state index contributed by atoms with van der Waals surface area (Å²) in [5, 5.41) is 13.0. The number of carbonyl (C=O) groups is 2. The van der Waals surface area contributed by atoms with E-state index in [-0.39, 0.29) is 16.6 Å². The number of nitrogens with one attached hydrogen (secondary N) is 1. The number of carbonyl (C=O) groups excluding carboxylic acids is 1. The summed E-state index contributed by atoms with van der Waals surface area (Å²) in [5.74, 6) is -1.44. The Hall–Kier alpha value is -1.47. The predicted molar refractivity (Wildman–Crippen MR) is 69.2 cm³/mol. The van der Waals surface area contributed by atoms with Gasteiger partial charge in [-0.05, 0) is 13.1 Å². The van der Waals surface area contributed by atoms with Gasteiger partial charge in [-0.25, -0.2) is 9.78 Å². The summed E-state index contributed by atoms with van der Waals surface area (Å²) >= 11 is 1.04. The molecule has 2 N–H and O–H groups in total. The van der Waals surface area contributed by atoms with Gasteiger partial charge in [0.25, 0.3) is 5.91 Å². The maximum Gasteiger partial charge on any atom is 0.355 e. The monoisotopic (exact) mass is 271 g/mol. The van der Waals surface area contributed by atoms with Crippen molar-refractivity contribution in [1.82, 2.24) is 15.2 Å². The molecule has 18 heavy (non-hydrogen) atoms. The summed E-state index contributed by atoms with van der Waals surface area (Å²) < 4.78 is 0. The van der Waals surface area contributed by atoms with Crippen LogP contribution in [-0.2, 0) is 0 Å². The summed E-state index contributed by atoms with van der Waals surface area (Å²) in [4.78, 5) is 28.2. The number of hydrogen-bond donors (Lipinski definition) is 2. The second-order valence-corrected chi connectivity index (χ2v) is 4.48. The number of carboxylic acid groups (broad SMARTS) is 1. The fourth-order valence-corrected chi connectivity index (χ4v) is 2.13. The van der Waals surface area contributed by atoms with Gasteiger partial charge in [-0.3, -0.25) is 4.79 Å². The molecule has 100 valence electrons. The molecule has 0 spiro atoms. The van der Waals surface area contributed by atoms with Crippen LogP contribution in [0.15, 0.2) is 5.38 Å². The molecule has 0 radical (unpaired) electrons. The zero-order valence-electron chi connectivity index (χ0n) is 10.5. The number of aromatic carboxylic acids is 1. The molecule has 0 aromatic carbocycles. The minimum absolute atomic E-state index is 0.0890. The van der Waals surface area contributed by atoms with Crippen molar-refractivity contribution < 1.29 is 14.7 Å². The molecule has 6 nitrogen and oxygen atoms in total. The Morgan fingerprint density at radius 3 is 2.61 bits per heavy atom. The summed E-state index contributed by atoms with van der Waals surface area (Å²) in [6, 6.07) is 0. The minimum Gasteiger partial charge on any atom is -0.476 e. The number of likely N-dealkylation sites (N-methyl/N-ethyl adjacent to an activating group) is 1. The zero-order chi connectivity index (χ0) is 13.5. The highest BCUT2D eigenvalue weighted by atomic mass is 32.1. The van der Waals surface area contributed by atoms with E-state index in [0.29, 0.717) is 6.54 Å². The van der Waals surface area contributed by atoms with Crippen molar-refractivity contribution in [2.45, 2.75) is 13.8 Å². The van der Waals surface area contributed by atoms with Gasteiger partial charge in [0.2, 0.25) is 0 Å². The second kappa shape index (κ2) is 7.07. The van der Waals surface area contributed by atoms with Crippen molar-refractivity contribution in [2.24, 2.45) is 0 Å². The topological polar surface area (TPSA) is 82.5 Å². The van der Waals surface area contributed by atoms with E-state index >= 15 is 0 Å². The molecular formula is C11H17N3O3S. The second-order valence-electron chi connectivity index (χ2n) is 3.63. The molecule has 0 atom stereocenters. The Morgan fingerprint density at radius 2 is 2.11 bits per heavy atom. The third kappa shape index (κ3) is 4.08. The lowest BCUT2D eigenvalue weighted by atomic mass is 10.4. The molecule has 1 rings (SSSR count). The lowest BCUT2D eigenvalue weighted by molar-refractivity contribution is 0.0691. The molecule has 0 aliphatic carbocycles. The summed E-state index contributed by atoms with van der Waals surface area (Å²) in [7, 11) is 0. The van der Waals surface area contributed by atoms with Crippen LogP contribution in [-0.4, -0.2) is 53.0 Å². The SMILES string of the molecule is CCN(CC)CCNC(=O)c1nc(C(=O)O)cs1. The third-order valence-electron chi connectivity index (χ3n) is 2.53. The molecule has 1 amide bonds. The van der Waals surface area contributed by atoms with Gasteiger partial charge < -0.3 is 15.3 Å². The molecule has 0 aliphatic rings. The highest BCUT2D eigenvalue weighted by Crippen LogP contribution is 2.09. The van der Waals surface area contributed by atoms with E-state index < -0.39 is 5.97 Å². The highest BCUT2D eigenvalue weighted by Gasteiger charge is 2.14. The van der Waals surface area contributed by atoms with Gasteiger partial charge in [0.1, 0.15) is 0 Å². The van der Waals surface area contributed by atoms with Gasteiger partial charge in [-0.2, -0.15) is 0 Å². The highest BCUT2D eigenvalue weighted by molar-refractivity contribution is 7.11. The molecule has 1 aromatic heterocycles. The van der Waals surface area contributed by atoms with Crippen molar-refractivity contribution >= 4 is 23.2 Å². The summed E-state index contributed by atoms with van der Waals surface area (Å²) in [6.07, 6.45) is 0. The average Bonchev–Trinajstić information content (AvgIpc) is 2.84. The Kier molecular flexibility index (Phi) is 5.73. The van der Waals surface area contributed by atoms with Gasteiger partial charge in [-0.1, -0.05) is 13.8 Å². The number of hydrogen-bond acceptors (Lipinski definition) is 5. The molecule has 0 aliphatic heterocycles. The van der Waals surface area contributed by atoms with Crippen molar-refractivity contribution in [2.75, 3.05) is 26.2 Å². The van der Waals surface area contributed by atoms with E-state index in [4.69, 9.17) is 5.11 Å². The van der Waals surface area contributed by atoms with E-state index in [9.17, 15) is 9.59 Å². The van der Waals surface area contributed by atoms with Crippen LogP contribution in [0, 0.1) is 0 Å². The van der Waals surface area contributed by atoms with Gasteiger partial charge >= 0.3 is 5.97 Å². The first-order chi connectivity index (χ1) is 8.58. The Morgan fingerprint density at radius 1 is 1.44 bits per heavy atom. The van der Waals surface area contributed by atoms with Crippen LogP contribution in [0.4, 0.5) is 0 Å². The van der Waals surface area contributed by atoms with Crippen LogP contribution in [0.2, 0.25) is 0 Å². The average molecular weight is 271 g/mol. The number of thiazole rings is 1. The number of carboxylic acids is 1. The van der Waals surface area contributed by atoms with E-state index in [0.717, 1.165) is 31.0 Å². The van der Waals surface area contributed by atoms with Gasteiger partial charge in [0.05, 0.1) is 0 Å². The standard InChI is InChI=1S/C11H17N3O3S/c1-3-14(4-2)6-5-12-9(15)10-13-8(7-18-10)11(16)17/h7H,3-6H2,1-2H3,(H,12,15)(H,16,17). The molecule has 0 saturated carbocycles. The quantitative estimate of drug-likeness (QED) is 0.770. The number of nitrogens with zero attached hydrogens (tertiary/aromatic N) is 2. The molecule has 0 unspecified atom stereocenters. The van der Waals surface area contributed by atoms with Crippen molar-refractivity contribution in [3.8, 4) is 0 Å². The van der Waals surface area contributed by atoms with Crippen LogP contribution in [0.25, 0.3) is 0 Å². The minimum atomic E-state index is -1.12. The molecule has 7 heteroatoms. The zero-order valence-corrected chi connectivity index (χ0v) is 11.3. The van der Waals surface area contributed by atoms with Crippen LogP contribution >= 0.6 is 11.3 Å². The van der Waals surface area contributed by atoms with Crippen LogP contribution in [0.5, 0.6) is 0 Å². The first kappa shape index (κ1) is 14.6. The van der Waals surface area contributed by atoms with E-state index in [1.807, 2.05) is 0 Å². The first-order valence-electron chi connectivity index (χ1n) is 5.77. The maximum absolute atomic E-state index is 11.7. The van der Waals surface area contributed by atoms with E-state index in [2.05, 4.69) is 29.0 Å². The lowest BCUT2D eigenvalue weighted by Crippen LogP contribution is -2.34. The molecule has 0 fully saturated rings. The van der Waals surface area contributed by atoms with Crippen molar-refractivity contribution in [1.29, 1.82) is 0 Å². The van der Waals surface area contributed by atoms with E-state index in [1.165, 1.54) is 5.38 Å². The number of aromatic nitrogens is 1. The number of amides is 1. The summed E-state index contributed by atoms with van der Waals surface area (Å²) in [6.45, 7) is 7.30. The Bertz CT molecular complexity index is 415. The fraction of sp³-hybridized carbons (Fsp3) is 0.545. The smallest absolute Gasteiger partial charge is 0.355 e. The van der Waals surface area contributed by atoms with Crippen LogP contribution in [0.1, 0.15) is 34.1 Å². The molecule has 1 heterocycles. The van der Waals surface area contributed by atoms with E-state index in [1.54, 1.807) is 0 Å². The maximum atomic E-state index is 11.7. The summed E-state index contributed by atoms with van der Waals surface area (Å²) in [5.41, 5.74) is -0.0890. The Balaban J connectivity index is 2.42. The predicted octanol–water partition coefficient (Wildman–Crippen LogP) is 0.913. The van der Waals surface area contributed by atoms with Crippen molar-refractivity contribution in [3.05, 3.63) is 16.1 Å². The Labute approximate surface area is 110 Å². The van der Waals surface area contributed by atoms with Gasteiger partial charge in [0, 0.05) is 18.5 Å². The first-order valence-corrected chi connectivity index (χ1v) is 6.65. The molecular weight excluding hydrogens is 254 g/mol. The fourth-order valence-electron chi connectivity index (χ4n) is 1.42. The van der Waals surface area contributed by atoms with Crippen LogP contribution < -0.4 is 5.32 Å². The number of rotatable bonds is 7. The van der Waals surface area contributed by atoms with Gasteiger partial charge in [0.15, 0.2) is 10.7 Å². The van der Waals surface area contributed by atoms with Gasteiger partial charge in [-0.15, -0.1) is 11.3 Å². The third-order valence-corrected chi connectivity index (χ3v) is 3.37. The van der Waals surface area contributed by atoms with Crippen molar-refractivity contribution in [3.63, 3.8) is 0 Å². The lowest BCUT2D eigenvalue weighted by Gasteiger charge is -2.17. The van der Waals surface area contributed by atoms with Crippen LogP contribution in [0.3, 0.4) is 0 Å². The molecule has 0 saturated heterocycles. The largest absolute Gasteiger partial charge is 0.476 e. The normalized spacial score (nSPS) is 10.6. The molecule has 0 bridgehead atoms. The molecule has 1 aromatic rings.